The second-order valence-corrected chi connectivity index (χ2v) is 7.91. The normalized spacial score (nSPS) is 12.3. The van der Waals surface area contributed by atoms with Crippen molar-refractivity contribution in [1.29, 1.82) is 0 Å². The summed E-state index contributed by atoms with van der Waals surface area (Å²) in [6, 6.07) is 25.7. The molecule has 1 atom stereocenters. The maximum atomic E-state index is 13.6. The second-order valence-electron chi connectivity index (χ2n) is 7.91. The molecule has 0 amide bonds. The largest absolute Gasteiger partial charge is 0.268 e. The molecule has 0 saturated carbocycles. The van der Waals surface area contributed by atoms with Gasteiger partial charge in [0.25, 0.3) is 5.56 Å². The third-order valence-corrected chi connectivity index (χ3v) is 5.96. The van der Waals surface area contributed by atoms with Crippen molar-refractivity contribution in [2.45, 2.75) is 26.2 Å². The number of hydrogen-bond acceptors (Lipinski definition) is 3. The highest BCUT2D eigenvalue weighted by Crippen LogP contribution is 2.26. The van der Waals surface area contributed by atoms with Crippen LogP contribution in [0.25, 0.3) is 38.9 Å². The first-order valence-electron chi connectivity index (χ1n) is 10.6. The van der Waals surface area contributed by atoms with Crippen LogP contribution in [0.2, 0.25) is 0 Å². The minimum atomic E-state index is -0.0787. The van der Waals surface area contributed by atoms with Gasteiger partial charge in [-0.3, -0.25) is 14.3 Å². The van der Waals surface area contributed by atoms with E-state index >= 15 is 0 Å². The maximum absolute atomic E-state index is 13.6. The van der Waals surface area contributed by atoms with Crippen molar-refractivity contribution in [3.8, 4) is 17.1 Å². The van der Waals surface area contributed by atoms with Gasteiger partial charge in [-0.2, -0.15) is 0 Å². The number of para-hydroxylation sites is 2. The quantitative estimate of drug-likeness (QED) is 0.362. The molecule has 3 aromatic carbocycles. The highest BCUT2D eigenvalue weighted by molar-refractivity contribution is 5.85. The minimum absolute atomic E-state index is 0.0787. The summed E-state index contributed by atoms with van der Waals surface area (Å²) >= 11 is 0. The zero-order valence-electron chi connectivity index (χ0n) is 17.6. The van der Waals surface area contributed by atoms with Gasteiger partial charge >= 0.3 is 0 Å². The van der Waals surface area contributed by atoms with Gasteiger partial charge in [0, 0.05) is 17.1 Å². The Bertz CT molecular complexity index is 1450. The molecule has 5 rings (SSSR count). The van der Waals surface area contributed by atoms with E-state index in [1.807, 2.05) is 66.7 Å². The lowest BCUT2D eigenvalue weighted by Crippen LogP contribution is -2.22. The third kappa shape index (κ3) is 3.40. The molecule has 0 bridgehead atoms. The summed E-state index contributed by atoms with van der Waals surface area (Å²) in [5.74, 6) is 1.07. The maximum Gasteiger partial charge on any atom is 0.266 e. The molecular formula is C27H23N3O. The Morgan fingerprint density at radius 2 is 1.61 bits per heavy atom. The van der Waals surface area contributed by atoms with Gasteiger partial charge in [0.1, 0.15) is 5.82 Å². The minimum Gasteiger partial charge on any atom is -0.268 e. The molecule has 4 nitrogen and oxygen atoms in total. The second kappa shape index (κ2) is 7.80. The highest BCUT2D eigenvalue weighted by Gasteiger charge is 2.15. The molecule has 0 unspecified atom stereocenters. The number of benzene rings is 3. The number of aromatic nitrogens is 3. The van der Waals surface area contributed by atoms with Crippen LogP contribution in [0.1, 0.15) is 31.7 Å². The van der Waals surface area contributed by atoms with E-state index in [9.17, 15) is 4.79 Å². The van der Waals surface area contributed by atoms with Gasteiger partial charge in [-0.15, -0.1) is 0 Å². The fourth-order valence-corrected chi connectivity index (χ4v) is 3.95. The van der Waals surface area contributed by atoms with Gasteiger partial charge in [-0.1, -0.05) is 56.3 Å². The summed E-state index contributed by atoms with van der Waals surface area (Å²) in [4.78, 5) is 23.0. The molecule has 0 fully saturated rings. The average Bonchev–Trinajstić information content (AvgIpc) is 2.83. The van der Waals surface area contributed by atoms with Crippen molar-refractivity contribution in [2.24, 2.45) is 0 Å². The molecular weight excluding hydrogens is 382 g/mol. The fraction of sp³-hybridized carbons (Fsp3) is 0.148. The fourth-order valence-electron chi connectivity index (χ4n) is 3.95. The van der Waals surface area contributed by atoms with Crippen LogP contribution in [-0.2, 0) is 0 Å². The summed E-state index contributed by atoms with van der Waals surface area (Å²) in [5, 5.41) is 1.62. The molecule has 2 heterocycles. The molecule has 5 aromatic rings. The van der Waals surface area contributed by atoms with Crippen LogP contribution in [0.4, 0.5) is 0 Å². The summed E-state index contributed by atoms with van der Waals surface area (Å²) in [6.07, 6.45) is 2.87. The molecule has 31 heavy (non-hydrogen) atoms. The molecule has 0 aliphatic heterocycles. The number of pyridine rings is 1. The van der Waals surface area contributed by atoms with Crippen molar-refractivity contribution in [1.82, 2.24) is 14.5 Å². The van der Waals surface area contributed by atoms with E-state index in [4.69, 9.17) is 4.98 Å². The topological polar surface area (TPSA) is 47.8 Å². The molecule has 0 aliphatic carbocycles. The first-order chi connectivity index (χ1) is 15.2. The van der Waals surface area contributed by atoms with Crippen molar-refractivity contribution in [3.63, 3.8) is 0 Å². The van der Waals surface area contributed by atoms with Crippen LogP contribution in [-0.4, -0.2) is 14.5 Å². The Labute approximate surface area is 180 Å². The van der Waals surface area contributed by atoms with Crippen LogP contribution in [0.3, 0.4) is 0 Å². The Morgan fingerprint density at radius 1 is 0.903 bits per heavy atom. The number of fused-ring (bicyclic) bond motifs is 2. The van der Waals surface area contributed by atoms with Gasteiger partial charge < -0.3 is 0 Å². The molecule has 2 aromatic heterocycles. The van der Waals surface area contributed by atoms with Gasteiger partial charge in [0.2, 0.25) is 0 Å². The first-order valence-corrected chi connectivity index (χ1v) is 10.6. The lowest BCUT2D eigenvalue weighted by atomic mass is 9.98. The zero-order valence-corrected chi connectivity index (χ0v) is 17.6. The Hall–Kier alpha value is -3.79. The van der Waals surface area contributed by atoms with Crippen molar-refractivity contribution >= 4 is 21.8 Å². The Kier molecular flexibility index (Phi) is 4.83. The predicted octanol–water partition coefficient (Wildman–Crippen LogP) is 6.11. The van der Waals surface area contributed by atoms with Crippen molar-refractivity contribution in [3.05, 3.63) is 101 Å². The van der Waals surface area contributed by atoms with Gasteiger partial charge in [-0.25, -0.2) is 4.98 Å². The van der Waals surface area contributed by atoms with E-state index in [1.54, 1.807) is 10.8 Å². The van der Waals surface area contributed by atoms with E-state index in [2.05, 4.69) is 31.0 Å². The molecule has 0 saturated heterocycles. The van der Waals surface area contributed by atoms with Crippen LogP contribution in [0, 0.1) is 0 Å². The average molecular weight is 406 g/mol. The number of hydrogen-bond donors (Lipinski definition) is 0. The number of nitrogens with zero attached hydrogens (tertiary/aromatic N) is 3. The van der Waals surface area contributed by atoms with Crippen molar-refractivity contribution in [2.75, 3.05) is 0 Å². The van der Waals surface area contributed by atoms with E-state index in [0.29, 0.717) is 22.6 Å². The smallest absolute Gasteiger partial charge is 0.266 e. The van der Waals surface area contributed by atoms with Crippen molar-refractivity contribution < 1.29 is 0 Å². The SMILES string of the molecule is CC[C@H](C)c1ccc(-n2c(-c3cnc4ccccc4c3)nc3ccccc3c2=O)cc1. The first kappa shape index (κ1) is 19.2. The predicted molar refractivity (Wildman–Crippen MR) is 127 cm³/mol. The van der Waals surface area contributed by atoms with E-state index in [-0.39, 0.29) is 5.56 Å². The van der Waals surface area contributed by atoms with E-state index in [1.165, 1.54) is 5.56 Å². The molecule has 0 spiro atoms. The molecule has 4 heteroatoms. The molecule has 0 aliphatic rings. The van der Waals surface area contributed by atoms with E-state index in [0.717, 1.165) is 28.6 Å². The van der Waals surface area contributed by atoms with Crippen LogP contribution >= 0.6 is 0 Å². The molecule has 0 N–H and O–H groups in total. The highest BCUT2D eigenvalue weighted by atomic mass is 16.1. The van der Waals surface area contributed by atoms with Crippen LogP contribution in [0.15, 0.2) is 89.9 Å². The zero-order chi connectivity index (χ0) is 21.4. The number of rotatable bonds is 4. The van der Waals surface area contributed by atoms with Crippen LogP contribution in [0.5, 0.6) is 0 Å². The monoisotopic (exact) mass is 405 g/mol. The third-order valence-electron chi connectivity index (χ3n) is 5.96. The van der Waals surface area contributed by atoms with Gasteiger partial charge in [-0.05, 0) is 54.3 Å². The lowest BCUT2D eigenvalue weighted by Gasteiger charge is -2.15. The van der Waals surface area contributed by atoms with Crippen LogP contribution < -0.4 is 5.56 Å². The summed E-state index contributed by atoms with van der Waals surface area (Å²) in [5.41, 5.74) is 4.40. The Morgan fingerprint density at radius 3 is 2.39 bits per heavy atom. The lowest BCUT2D eigenvalue weighted by molar-refractivity contribution is 0.733. The standard InChI is InChI=1S/C27H23N3O/c1-3-18(2)19-12-14-22(15-13-19)30-26(29-25-11-7-5-9-23(25)27(30)31)21-16-20-8-4-6-10-24(20)28-17-21/h4-18H,3H2,1-2H3/t18-/m0/s1. The molecule has 152 valence electrons. The Balaban J connectivity index is 1.78. The summed E-state index contributed by atoms with van der Waals surface area (Å²) in [7, 11) is 0. The molecule has 0 radical (unpaired) electrons. The summed E-state index contributed by atoms with van der Waals surface area (Å²) in [6.45, 7) is 4.39. The van der Waals surface area contributed by atoms with Gasteiger partial charge in [0.05, 0.1) is 22.1 Å². The van der Waals surface area contributed by atoms with E-state index < -0.39 is 0 Å². The summed E-state index contributed by atoms with van der Waals surface area (Å²) < 4.78 is 1.70. The van der Waals surface area contributed by atoms with Gasteiger partial charge in [0.15, 0.2) is 0 Å².